The number of imide groups is 1. The van der Waals surface area contributed by atoms with Crippen LogP contribution in [0.4, 0.5) is 9.93 Å². The smallest absolute Gasteiger partial charge is 0.325 e. The summed E-state index contributed by atoms with van der Waals surface area (Å²) in [5.41, 5.74) is 1.65. The Kier molecular flexibility index (Phi) is 5.70. The molecule has 2 aromatic rings. The summed E-state index contributed by atoms with van der Waals surface area (Å²) in [7, 11) is 1.57. The first-order valence-electron chi connectivity index (χ1n) is 8.43. The monoisotopic (exact) mass is 388 g/mol. The molecule has 0 spiro atoms. The summed E-state index contributed by atoms with van der Waals surface area (Å²) in [6.45, 7) is 2.02. The van der Waals surface area contributed by atoms with Gasteiger partial charge in [0.05, 0.1) is 19.3 Å². The molecule has 1 atom stereocenters. The van der Waals surface area contributed by atoms with Crippen LogP contribution in [0.25, 0.3) is 0 Å². The number of benzene rings is 1. The molecule has 1 saturated heterocycles. The van der Waals surface area contributed by atoms with Crippen LogP contribution in [-0.4, -0.2) is 40.9 Å². The van der Waals surface area contributed by atoms with Crippen LogP contribution >= 0.6 is 11.3 Å². The molecule has 0 radical (unpaired) electrons. The molecule has 27 heavy (non-hydrogen) atoms. The molecule has 0 bridgehead atoms. The lowest BCUT2D eigenvalue weighted by Crippen LogP contribution is -2.31. The largest absolute Gasteiger partial charge is 0.497 e. The number of anilines is 1. The number of hydrogen-bond acceptors (Lipinski definition) is 6. The van der Waals surface area contributed by atoms with Crippen molar-refractivity contribution in [3.63, 3.8) is 0 Å². The lowest BCUT2D eigenvalue weighted by Gasteiger charge is -2.13. The van der Waals surface area contributed by atoms with E-state index in [-0.39, 0.29) is 31.2 Å². The topological polar surface area (TPSA) is 101 Å². The van der Waals surface area contributed by atoms with Crippen molar-refractivity contribution >= 4 is 34.3 Å². The Morgan fingerprint density at radius 1 is 1.33 bits per heavy atom. The number of amides is 4. The third kappa shape index (κ3) is 4.62. The van der Waals surface area contributed by atoms with Crippen molar-refractivity contribution in [3.8, 4) is 5.75 Å². The number of urea groups is 1. The van der Waals surface area contributed by atoms with Crippen LogP contribution in [0, 0.1) is 6.92 Å². The van der Waals surface area contributed by atoms with Crippen LogP contribution in [0.15, 0.2) is 29.6 Å². The number of carbonyl (C=O) groups is 3. The number of nitrogens with zero attached hydrogens (tertiary/aromatic N) is 2. The number of nitrogens with one attached hydrogen (secondary N) is 2. The van der Waals surface area contributed by atoms with Crippen LogP contribution in [0.5, 0.6) is 5.75 Å². The van der Waals surface area contributed by atoms with Crippen molar-refractivity contribution in [2.75, 3.05) is 12.4 Å². The summed E-state index contributed by atoms with van der Waals surface area (Å²) in [6, 6.07) is 6.01. The minimum Gasteiger partial charge on any atom is -0.497 e. The van der Waals surface area contributed by atoms with E-state index in [9.17, 15) is 14.4 Å². The fourth-order valence-electron chi connectivity index (χ4n) is 2.70. The Morgan fingerprint density at radius 2 is 2.07 bits per heavy atom. The lowest BCUT2D eigenvalue weighted by molar-refractivity contribution is -0.128. The van der Waals surface area contributed by atoms with E-state index in [4.69, 9.17) is 4.74 Å². The molecular formula is C18H20N4O4S. The van der Waals surface area contributed by atoms with Crippen molar-refractivity contribution < 1.29 is 19.1 Å². The van der Waals surface area contributed by atoms with Crippen LogP contribution in [0.3, 0.4) is 0 Å². The zero-order chi connectivity index (χ0) is 19.4. The molecule has 0 saturated carbocycles. The van der Waals surface area contributed by atoms with Gasteiger partial charge < -0.3 is 15.4 Å². The Hall–Kier alpha value is -2.94. The van der Waals surface area contributed by atoms with E-state index < -0.39 is 12.1 Å². The summed E-state index contributed by atoms with van der Waals surface area (Å²) in [4.78, 5) is 41.9. The average molecular weight is 388 g/mol. The predicted molar refractivity (Wildman–Crippen MR) is 101 cm³/mol. The van der Waals surface area contributed by atoms with Gasteiger partial charge in [0.15, 0.2) is 5.13 Å². The highest BCUT2D eigenvalue weighted by Crippen LogP contribution is 2.18. The van der Waals surface area contributed by atoms with E-state index in [1.165, 1.54) is 11.3 Å². The van der Waals surface area contributed by atoms with Gasteiger partial charge >= 0.3 is 6.03 Å². The fraction of sp³-hybridized carbons (Fsp3) is 0.333. The van der Waals surface area contributed by atoms with Gasteiger partial charge in [-0.3, -0.25) is 14.5 Å². The quantitative estimate of drug-likeness (QED) is 0.709. The minimum atomic E-state index is -0.695. The average Bonchev–Trinajstić information content (AvgIpc) is 3.18. The van der Waals surface area contributed by atoms with Crippen molar-refractivity contribution in [2.24, 2.45) is 0 Å². The molecule has 8 nitrogen and oxygen atoms in total. The van der Waals surface area contributed by atoms with Crippen molar-refractivity contribution in [1.82, 2.24) is 15.2 Å². The van der Waals surface area contributed by atoms with Crippen molar-refractivity contribution in [3.05, 3.63) is 40.9 Å². The molecule has 0 unspecified atom stereocenters. The molecule has 2 N–H and O–H groups in total. The van der Waals surface area contributed by atoms with Gasteiger partial charge in [-0.1, -0.05) is 12.1 Å². The minimum absolute atomic E-state index is 0.117. The number of rotatable bonds is 7. The molecule has 1 aliphatic rings. The molecule has 9 heteroatoms. The van der Waals surface area contributed by atoms with Gasteiger partial charge in [0.1, 0.15) is 11.8 Å². The Morgan fingerprint density at radius 3 is 2.70 bits per heavy atom. The molecular weight excluding hydrogens is 368 g/mol. The molecule has 1 aromatic heterocycles. The summed E-state index contributed by atoms with van der Waals surface area (Å²) < 4.78 is 5.10. The maximum atomic E-state index is 12.5. The highest BCUT2D eigenvalue weighted by Gasteiger charge is 2.37. The van der Waals surface area contributed by atoms with Gasteiger partial charge in [-0.15, -0.1) is 11.3 Å². The highest BCUT2D eigenvalue weighted by atomic mass is 32.1. The maximum Gasteiger partial charge on any atom is 0.325 e. The second kappa shape index (κ2) is 8.17. The van der Waals surface area contributed by atoms with Crippen LogP contribution in [0.1, 0.15) is 24.1 Å². The summed E-state index contributed by atoms with van der Waals surface area (Å²) >= 11 is 1.34. The first kappa shape index (κ1) is 18.8. The zero-order valence-electron chi connectivity index (χ0n) is 15.0. The summed E-state index contributed by atoms with van der Waals surface area (Å²) in [5, 5.41) is 7.70. The zero-order valence-corrected chi connectivity index (χ0v) is 15.8. The normalized spacial score (nSPS) is 16.4. The highest BCUT2D eigenvalue weighted by molar-refractivity contribution is 7.13. The Labute approximate surface area is 160 Å². The Balaban J connectivity index is 1.52. The van der Waals surface area contributed by atoms with Gasteiger partial charge in [0.2, 0.25) is 5.91 Å². The van der Waals surface area contributed by atoms with Crippen molar-refractivity contribution in [2.45, 2.75) is 32.4 Å². The first-order chi connectivity index (χ1) is 13.0. The van der Waals surface area contributed by atoms with E-state index in [0.717, 1.165) is 16.2 Å². The van der Waals surface area contributed by atoms with Gasteiger partial charge in [-0.2, -0.15) is 0 Å². The summed E-state index contributed by atoms with van der Waals surface area (Å²) in [5.74, 6) is 0.143. The number of carbonyl (C=O) groups excluding carboxylic acids is 3. The number of aryl methyl sites for hydroxylation is 1. The first-order valence-corrected chi connectivity index (χ1v) is 9.31. The number of methoxy groups -OCH3 is 1. The molecule has 0 aliphatic carbocycles. The van der Waals surface area contributed by atoms with E-state index in [0.29, 0.717) is 10.9 Å². The third-order valence-electron chi connectivity index (χ3n) is 4.13. The molecule has 142 valence electrons. The van der Waals surface area contributed by atoms with Gasteiger partial charge in [-0.25, -0.2) is 9.78 Å². The van der Waals surface area contributed by atoms with Crippen LogP contribution in [-0.2, 0) is 16.1 Å². The van der Waals surface area contributed by atoms with E-state index >= 15 is 0 Å². The molecule has 3 rings (SSSR count). The fourth-order valence-corrected chi connectivity index (χ4v) is 3.41. The molecule has 4 amide bonds. The van der Waals surface area contributed by atoms with Gasteiger partial charge in [0.25, 0.3) is 5.91 Å². The van der Waals surface area contributed by atoms with E-state index in [1.807, 2.05) is 12.3 Å². The van der Waals surface area contributed by atoms with Gasteiger partial charge in [0, 0.05) is 11.8 Å². The number of ether oxygens (including phenoxy) is 1. The second-order valence-electron chi connectivity index (χ2n) is 6.16. The second-order valence-corrected chi connectivity index (χ2v) is 7.01. The SMILES string of the molecule is COc1ccc(CN2C(=O)N[C@@H](CCC(=O)Nc3nc(C)cs3)C2=O)cc1. The lowest BCUT2D eigenvalue weighted by atomic mass is 10.1. The maximum absolute atomic E-state index is 12.5. The predicted octanol–water partition coefficient (Wildman–Crippen LogP) is 2.30. The van der Waals surface area contributed by atoms with E-state index in [2.05, 4.69) is 15.6 Å². The number of thiazole rings is 1. The van der Waals surface area contributed by atoms with Crippen LogP contribution in [0.2, 0.25) is 0 Å². The molecule has 1 aromatic carbocycles. The molecule has 2 heterocycles. The summed E-state index contributed by atoms with van der Waals surface area (Å²) in [6.07, 6.45) is 0.353. The molecule has 1 aliphatic heterocycles. The standard InChI is InChI=1S/C18H20N4O4S/c1-11-10-27-17(19-11)21-15(23)8-7-14-16(24)22(18(25)20-14)9-12-3-5-13(26-2)6-4-12/h3-6,10,14H,7-9H2,1-2H3,(H,20,25)(H,19,21,23)/t14-/m0/s1. The number of aromatic nitrogens is 1. The van der Waals surface area contributed by atoms with Crippen LogP contribution < -0.4 is 15.4 Å². The molecule has 1 fully saturated rings. The van der Waals surface area contributed by atoms with Crippen molar-refractivity contribution in [1.29, 1.82) is 0 Å². The van der Waals surface area contributed by atoms with E-state index in [1.54, 1.807) is 31.4 Å². The number of hydrogen-bond donors (Lipinski definition) is 2. The third-order valence-corrected chi connectivity index (χ3v) is 5.01. The Bertz CT molecular complexity index is 849. The van der Waals surface area contributed by atoms with Gasteiger partial charge in [-0.05, 0) is 31.0 Å².